The topological polar surface area (TPSA) is 89.5 Å². The van der Waals surface area contributed by atoms with Crippen LogP contribution in [-0.2, 0) is 21.4 Å². The van der Waals surface area contributed by atoms with Crippen molar-refractivity contribution >= 4 is 15.7 Å². The number of hydrogen-bond donors (Lipinski definition) is 0. The largest absolute Gasteiger partial charge is 0.484 e. The second-order valence-electron chi connectivity index (χ2n) is 9.28. The number of benzene rings is 1. The Kier molecular flexibility index (Phi) is 6.29. The molecule has 2 fully saturated rings. The molecule has 2 unspecified atom stereocenters. The summed E-state index contributed by atoms with van der Waals surface area (Å²) >= 11 is 0. The van der Waals surface area contributed by atoms with Gasteiger partial charge in [0.1, 0.15) is 17.3 Å². The van der Waals surface area contributed by atoms with Gasteiger partial charge in [0.15, 0.2) is 15.9 Å². The van der Waals surface area contributed by atoms with E-state index in [0.717, 1.165) is 25.3 Å². The van der Waals surface area contributed by atoms with E-state index in [1.807, 2.05) is 0 Å². The number of amides is 1. The van der Waals surface area contributed by atoms with E-state index < -0.39 is 45.1 Å². The van der Waals surface area contributed by atoms with Gasteiger partial charge < -0.3 is 9.64 Å². The van der Waals surface area contributed by atoms with Crippen LogP contribution >= 0.6 is 0 Å². The number of sulfone groups is 1. The molecule has 3 atom stereocenters. The molecular weight excluding hydrogens is 509 g/mol. The van der Waals surface area contributed by atoms with E-state index in [-0.39, 0.29) is 46.8 Å². The molecule has 1 aliphatic carbocycles. The van der Waals surface area contributed by atoms with Crippen molar-refractivity contribution in [3.8, 4) is 5.75 Å². The Morgan fingerprint density at radius 2 is 1.94 bits per heavy atom. The second kappa shape index (κ2) is 8.63. The number of aromatic nitrogens is 2. The molecule has 0 spiro atoms. The minimum absolute atomic E-state index is 0.00149. The summed E-state index contributed by atoms with van der Waals surface area (Å²) in [7, 11) is -3.73. The number of halogens is 5. The van der Waals surface area contributed by atoms with E-state index in [2.05, 4.69) is 9.97 Å². The third kappa shape index (κ3) is 4.76. The van der Waals surface area contributed by atoms with Crippen molar-refractivity contribution in [2.24, 2.45) is 5.92 Å². The summed E-state index contributed by atoms with van der Waals surface area (Å²) in [5, 5.41) is 0. The normalized spacial score (nSPS) is 22.8. The quantitative estimate of drug-likeness (QED) is 0.498. The molecular formula is C23H24F5N3O4S. The third-order valence-electron chi connectivity index (χ3n) is 6.76. The highest BCUT2D eigenvalue weighted by molar-refractivity contribution is 7.91. The van der Waals surface area contributed by atoms with Crippen molar-refractivity contribution in [2.45, 2.75) is 55.7 Å². The van der Waals surface area contributed by atoms with Gasteiger partial charge in [-0.2, -0.15) is 13.2 Å². The zero-order chi connectivity index (χ0) is 26.7. The number of piperidine rings is 1. The summed E-state index contributed by atoms with van der Waals surface area (Å²) < 4.78 is 97.1. The van der Waals surface area contributed by atoms with E-state index in [1.165, 1.54) is 24.0 Å². The van der Waals surface area contributed by atoms with Crippen LogP contribution in [0.15, 0.2) is 35.4 Å². The van der Waals surface area contributed by atoms with Crippen molar-refractivity contribution in [3.63, 3.8) is 0 Å². The number of nitrogens with zero attached hydrogens (tertiary/aromatic N) is 3. The Morgan fingerprint density at radius 3 is 2.56 bits per heavy atom. The average molecular weight is 534 g/mol. The van der Waals surface area contributed by atoms with Gasteiger partial charge in [-0.25, -0.2) is 27.2 Å². The lowest BCUT2D eigenvalue weighted by molar-refractivity contribution is -0.141. The highest BCUT2D eigenvalue weighted by atomic mass is 32.2. The first kappa shape index (κ1) is 26.2. The van der Waals surface area contributed by atoms with Crippen molar-refractivity contribution < 1.29 is 39.9 Å². The minimum atomic E-state index is -4.65. The molecule has 1 amide bonds. The van der Waals surface area contributed by atoms with Gasteiger partial charge in [0.2, 0.25) is 0 Å². The number of fused-ring (bicyclic) bond motifs is 1. The smallest absolute Gasteiger partial charge is 0.433 e. The molecule has 13 heteroatoms. The van der Waals surface area contributed by atoms with Crippen LogP contribution in [0.3, 0.4) is 0 Å². The first-order valence-electron chi connectivity index (χ1n) is 11.2. The minimum Gasteiger partial charge on any atom is -0.484 e. The fourth-order valence-electron chi connectivity index (χ4n) is 4.34. The molecule has 2 aromatic rings. The maximum atomic E-state index is 13.8. The van der Waals surface area contributed by atoms with E-state index in [1.54, 1.807) is 0 Å². The van der Waals surface area contributed by atoms with Crippen molar-refractivity contribution in [1.82, 2.24) is 14.9 Å². The molecule has 1 aromatic heterocycles. The summed E-state index contributed by atoms with van der Waals surface area (Å²) in [6.45, 7) is 3.37. The lowest BCUT2D eigenvalue weighted by Crippen LogP contribution is -2.36. The Balaban J connectivity index is 1.66. The van der Waals surface area contributed by atoms with E-state index in [4.69, 9.17) is 4.74 Å². The van der Waals surface area contributed by atoms with Crippen molar-refractivity contribution in [2.75, 3.05) is 18.8 Å². The predicted octanol–water partition coefficient (Wildman–Crippen LogP) is 4.13. The molecule has 0 bridgehead atoms. The molecule has 36 heavy (non-hydrogen) atoms. The van der Waals surface area contributed by atoms with Crippen molar-refractivity contribution in [1.29, 1.82) is 0 Å². The zero-order valence-electron chi connectivity index (χ0n) is 19.6. The molecule has 4 rings (SSSR count). The van der Waals surface area contributed by atoms with Crippen LogP contribution in [0.2, 0.25) is 0 Å². The summed E-state index contributed by atoms with van der Waals surface area (Å²) in [4.78, 5) is 22.4. The van der Waals surface area contributed by atoms with E-state index in [0.29, 0.717) is 13.3 Å². The molecule has 7 nitrogen and oxygen atoms in total. The summed E-state index contributed by atoms with van der Waals surface area (Å²) in [5.41, 5.74) is -2.16. The monoisotopic (exact) mass is 533 g/mol. The number of rotatable bonds is 7. The molecule has 0 N–H and O–H groups in total. The van der Waals surface area contributed by atoms with Gasteiger partial charge in [0.05, 0.1) is 21.6 Å². The number of ether oxygens (including phenoxy) is 1. The van der Waals surface area contributed by atoms with Crippen LogP contribution in [0.5, 0.6) is 5.75 Å². The Bertz CT molecular complexity index is 1300. The number of carbonyl (C=O) groups is 1. The van der Waals surface area contributed by atoms with Gasteiger partial charge in [0.25, 0.3) is 11.8 Å². The molecule has 2 heterocycles. The standard InChI is InChI=1S/C23H24F5N3O4S/c1-4-36(33,34)15-5-6-17(35-13(2)21(3,24)25)16(9-15)19(32)31-11-14-10-22(14,12-31)20-29-8-7-18(30-20)23(26,27)28/h5-9,13-14H,4,10-12H2,1-3H3/t13-,14?,22?/m0/s1. The van der Waals surface area contributed by atoms with Gasteiger partial charge in [0, 0.05) is 26.2 Å². The van der Waals surface area contributed by atoms with Crippen molar-refractivity contribution in [3.05, 3.63) is 47.5 Å². The van der Waals surface area contributed by atoms with Crippen LogP contribution in [-0.4, -0.2) is 60.1 Å². The molecule has 1 saturated heterocycles. The third-order valence-corrected chi connectivity index (χ3v) is 8.49. The number of carbonyl (C=O) groups excluding carboxylic acids is 1. The SMILES string of the molecule is CCS(=O)(=O)c1ccc(O[C@@H](C)C(C)(F)F)c(C(=O)N2CC3CC3(c3nccc(C(F)(F)F)n3)C2)c1. The molecule has 196 valence electrons. The van der Waals surface area contributed by atoms with Crippen LogP contribution < -0.4 is 4.74 Å². The summed E-state index contributed by atoms with van der Waals surface area (Å²) in [6.07, 6.45) is -4.75. The summed E-state index contributed by atoms with van der Waals surface area (Å²) in [6, 6.07) is 4.21. The summed E-state index contributed by atoms with van der Waals surface area (Å²) in [5.74, 6) is -4.58. The predicted molar refractivity (Wildman–Crippen MR) is 118 cm³/mol. The Labute approximate surface area is 204 Å². The average Bonchev–Trinajstić information content (AvgIpc) is 3.38. The first-order valence-corrected chi connectivity index (χ1v) is 12.8. The molecule has 1 aliphatic heterocycles. The lowest BCUT2D eigenvalue weighted by atomic mass is 10.1. The Hall–Kier alpha value is -2.83. The van der Waals surface area contributed by atoms with Crippen LogP contribution in [0.1, 0.15) is 49.1 Å². The van der Waals surface area contributed by atoms with Gasteiger partial charge in [-0.3, -0.25) is 4.79 Å². The zero-order valence-corrected chi connectivity index (χ0v) is 20.5. The molecule has 1 aromatic carbocycles. The van der Waals surface area contributed by atoms with Gasteiger partial charge in [-0.05, 0) is 43.5 Å². The fraction of sp³-hybridized carbons (Fsp3) is 0.522. The first-order chi connectivity index (χ1) is 16.6. The highest BCUT2D eigenvalue weighted by Crippen LogP contribution is 2.58. The van der Waals surface area contributed by atoms with Crippen LogP contribution in [0, 0.1) is 5.92 Å². The number of alkyl halides is 5. The molecule has 2 aliphatic rings. The maximum Gasteiger partial charge on any atom is 0.433 e. The van der Waals surface area contributed by atoms with E-state index >= 15 is 0 Å². The van der Waals surface area contributed by atoms with E-state index in [9.17, 15) is 35.2 Å². The fourth-order valence-corrected chi connectivity index (χ4v) is 5.25. The number of hydrogen-bond acceptors (Lipinski definition) is 6. The Morgan fingerprint density at radius 1 is 1.25 bits per heavy atom. The van der Waals surface area contributed by atoms with Crippen LogP contribution in [0.4, 0.5) is 22.0 Å². The van der Waals surface area contributed by atoms with Crippen LogP contribution in [0.25, 0.3) is 0 Å². The lowest BCUT2D eigenvalue weighted by Gasteiger charge is -2.25. The van der Waals surface area contributed by atoms with Gasteiger partial charge in [-0.15, -0.1) is 0 Å². The molecule has 0 radical (unpaired) electrons. The highest BCUT2D eigenvalue weighted by Gasteiger charge is 2.64. The molecule has 1 saturated carbocycles. The van der Waals surface area contributed by atoms with Gasteiger partial charge in [-0.1, -0.05) is 6.92 Å². The van der Waals surface area contributed by atoms with Gasteiger partial charge >= 0.3 is 6.18 Å². The second-order valence-corrected chi connectivity index (χ2v) is 11.6. The maximum absolute atomic E-state index is 13.8. The number of likely N-dealkylation sites (tertiary alicyclic amines) is 1.